The highest BCUT2D eigenvalue weighted by molar-refractivity contribution is 5.48. The summed E-state index contributed by atoms with van der Waals surface area (Å²) in [6.07, 6.45) is 4.60. The summed E-state index contributed by atoms with van der Waals surface area (Å²) in [4.78, 5) is 0. The number of ether oxygens (including phenoxy) is 2. The van der Waals surface area contributed by atoms with Crippen molar-refractivity contribution in [3.8, 4) is 17.5 Å². The average molecular weight is 372 g/mol. The molecule has 0 fully saturated rings. The number of nitrogens with zero attached hydrogens (tertiary/aromatic N) is 1. The Morgan fingerprint density at radius 1 is 1.15 bits per heavy atom. The summed E-state index contributed by atoms with van der Waals surface area (Å²) in [6, 6.07) is 6.29. The molecule has 0 saturated carbocycles. The number of hydrogen-bond acceptors (Lipinski definition) is 5. The molecule has 0 spiro atoms. The van der Waals surface area contributed by atoms with E-state index < -0.39 is 0 Å². The van der Waals surface area contributed by atoms with E-state index in [2.05, 4.69) is 11.4 Å². The Bertz CT molecular complexity index is 787. The number of benzene rings is 1. The van der Waals surface area contributed by atoms with Crippen molar-refractivity contribution in [3.05, 3.63) is 40.5 Å². The van der Waals surface area contributed by atoms with E-state index in [0.717, 1.165) is 61.1 Å². The first kappa shape index (κ1) is 18.2. The van der Waals surface area contributed by atoms with Crippen LogP contribution < -0.4 is 10.1 Å². The lowest BCUT2D eigenvalue weighted by molar-refractivity contribution is 0.0801. The molecule has 1 aromatic carbocycles. The summed E-state index contributed by atoms with van der Waals surface area (Å²) >= 11 is 0. The van der Waals surface area contributed by atoms with Gasteiger partial charge in [-0.2, -0.15) is 0 Å². The van der Waals surface area contributed by atoms with Gasteiger partial charge in [-0.3, -0.25) is 4.57 Å². The second-order valence-corrected chi connectivity index (χ2v) is 7.37. The first-order chi connectivity index (χ1) is 13.2. The number of aromatic hydroxyl groups is 2. The molecule has 2 heterocycles. The van der Waals surface area contributed by atoms with Gasteiger partial charge >= 0.3 is 0 Å². The van der Waals surface area contributed by atoms with Gasteiger partial charge in [0, 0.05) is 23.2 Å². The molecule has 0 radical (unpaired) electrons. The number of fused-ring (bicyclic) bond motifs is 2. The van der Waals surface area contributed by atoms with Crippen LogP contribution in [0.5, 0.6) is 17.5 Å². The number of nitrogens with one attached hydrogen (secondary N) is 1. The Balaban J connectivity index is 1.30. The van der Waals surface area contributed by atoms with Crippen molar-refractivity contribution < 1.29 is 19.7 Å². The quantitative estimate of drug-likeness (QED) is 0.652. The summed E-state index contributed by atoms with van der Waals surface area (Å²) < 4.78 is 12.8. The number of methoxy groups -OCH3 is 1. The summed E-state index contributed by atoms with van der Waals surface area (Å²) in [7, 11) is 1.69. The van der Waals surface area contributed by atoms with Crippen LogP contribution >= 0.6 is 0 Å². The molecule has 1 aromatic heterocycles. The largest absolute Gasteiger partial charge is 0.496 e. The second kappa shape index (κ2) is 7.82. The van der Waals surface area contributed by atoms with E-state index in [4.69, 9.17) is 9.47 Å². The van der Waals surface area contributed by atoms with Gasteiger partial charge in [-0.05, 0) is 50.3 Å². The Hall–Kier alpha value is -2.18. The van der Waals surface area contributed by atoms with Gasteiger partial charge in [-0.25, -0.2) is 0 Å². The van der Waals surface area contributed by atoms with Gasteiger partial charge in [0.25, 0.3) is 0 Å². The van der Waals surface area contributed by atoms with Gasteiger partial charge in [0.1, 0.15) is 5.75 Å². The first-order valence-corrected chi connectivity index (χ1v) is 9.79. The van der Waals surface area contributed by atoms with Crippen molar-refractivity contribution in [2.24, 2.45) is 0 Å². The zero-order valence-electron chi connectivity index (χ0n) is 15.8. The van der Waals surface area contributed by atoms with Crippen LogP contribution in [0.25, 0.3) is 0 Å². The average Bonchev–Trinajstić information content (AvgIpc) is 3.26. The number of hydrogen-bond donors (Lipinski definition) is 3. The Labute approximate surface area is 159 Å². The Morgan fingerprint density at radius 3 is 2.67 bits per heavy atom. The molecule has 1 atom stereocenters. The number of unbranched alkanes of at least 4 members (excludes halogenated alkanes) is 1. The summed E-state index contributed by atoms with van der Waals surface area (Å²) in [5.74, 6) is 1.40. The van der Waals surface area contributed by atoms with Crippen molar-refractivity contribution in [1.82, 2.24) is 9.88 Å². The zero-order chi connectivity index (χ0) is 18.8. The van der Waals surface area contributed by atoms with Crippen LogP contribution in [0.3, 0.4) is 0 Å². The van der Waals surface area contributed by atoms with Crippen molar-refractivity contribution >= 4 is 0 Å². The fraction of sp³-hybridized carbons (Fsp3) is 0.524. The Morgan fingerprint density at radius 2 is 1.93 bits per heavy atom. The monoisotopic (exact) mass is 372 g/mol. The molecular weight excluding hydrogens is 344 g/mol. The van der Waals surface area contributed by atoms with Gasteiger partial charge in [-0.15, -0.1) is 0 Å². The molecule has 3 N–H and O–H groups in total. The number of aromatic nitrogens is 1. The normalized spacial score (nSPS) is 18.3. The van der Waals surface area contributed by atoms with E-state index in [9.17, 15) is 10.2 Å². The third-order valence-corrected chi connectivity index (χ3v) is 5.76. The molecule has 0 amide bonds. The van der Waals surface area contributed by atoms with Gasteiger partial charge in [-0.1, -0.05) is 12.1 Å². The fourth-order valence-electron chi connectivity index (χ4n) is 4.34. The summed E-state index contributed by atoms with van der Waals surface area (Å²) in [5, 5.41) is 24.2. The maximum absolute atomic E-state index is 10.3. The first-order valence-electron chi connectivity index (χ1n) is 9.79. The predicted octanol–water partition coefficient (Wildman–Crippen LogP) is 3.04. The molecule has 4 rings (SSSR count). The minimum Gasteiger partial charge on any atom is -0.496 e. The maximum atomic E-state index is 10.3. The smallest absolute Gasteiger partial charge is 0.197 e. The fourth-order valence-corrected chi connectivity index (χ4v) is 4.34. The van der Waals surface area contributed by atoms with Crippen molar-refractivity contribution in [2.75, 3.05) is 20.3 Å². The Kier molecular flexibility index (Phi) is 5.27. The molecule has 6 nitrogen and oxygen atoms in total. The molecule has 1 unspecified atom stereocenters. The van der Waals surface area contributed by atoms with Crippen LogP contribution in [0.1, 0.15) is 47.6 Å². The molecule has 0 bridgehead atoms. The van der Waals surface area contributed by atoms with Crippen LogP contribution in [-0.4, -0.2) is 35.0 Å². The molecule has 6 heteroatoms. The van der Waals surface area contributed by atoms with E-state index in [0.29, 0.717) is 19.8 Å². The lowest BCUT2D eigenvalue weighted by Crippen LogP contribution is -2.30. The second-order valence-electron chi connectivity index (χ2n) is 7.37. The third kappa shape index (κ3) is 3.39. The molecule has 27 heavy (non-hydrogen) atoms. The van der Waals surface area contributed by atoms with Crippen LogP contribution in [0.2, 0.25) is 0 Å². The molecule has 2 aliphatic rings. The van der Waals surface area contributed by atoms with Crippen LogP contribution in [0, 0.1) is 0 Å². The highest BCUT2D eigenvalue weighted by Gasteiger charge is 2.26. The maximum Gasteiger partial charge on any atom is 0.197 e. The van der Waals surface area contributed by atoms with Crippen molar-refractivity contribution in [1.29, 1.82) is 0 Å². The van der Waals surface area contributed by atoms with Crippen LogP contribution in [0.4, 0.5) is 0 Å². The van der Waals surface area contributed by atoms with Gasteiger partial charge in [0.15, 0.2) is 11.8 Å². The van der Waals surface area contributed by atoms with Crippen LogP contribution in [-0.2, 0) is 30.7 Å². The van der Waals surface area contributed by atoms with E-state index >= 15 is 0 Å². The molecule has 1 aliphatic carbocycles. The minimum atomic E-state index is 0.168. The molecule has 146 valence electrons. The van der Waals surface area contributed by atoms with Crippen molar-refractivity contribution in [2.45, 2.75) is 51.3 Å². The summed E-state index contributed by atoms with van der Waals surface area (Å²) in [5.41, 5.74) is 4.25. The molecule has 1 aliphatic heterocycles. The standard InChI is InChI=1S/C21H28N2O4/c1-26-19-9-5-6-14-17(19)12-27-13-18(14)22-10-2-3-11-23-20(24)15-7-4-8-16(15)21(23)25/h5-6,9,18,22,24-25H,2-4,7-8,10-13H2,1H3. The van der Waals surface area contributed by atoms with E-state index in [1.807, 2.05) is 12.1 Å². The van der Waals surface area contributed by atoms with E-state index in [1.54, 1.807) is 11.7 Å². The van der Waals surface area contributed by atoms with Gasteiger partial charge < -0.3 is 25.0 Å². The van der Waals surface area contributed by atoms with E-state index in [-0.39, 0.29) is 17.8 Å². The van der Waals surface area contributed by atoms with Gasteiger partial charge in [0.05, 0.1) is 26.4 Å². The lowest BCUT2D eigenvalue weighted by Gasteiger charge is -2.28. The molecule has 0 saturated heterocycles. The molecular formula is C21H28N2O4. The highest BCUT2D eigenvalue weighted by atomic mass is 16.5. The molecule has 2 aromatic rings. The van der Waals surface area contributed by atoms with E-state index in [1.165, 1.54) is 5.56 Å². The topological polar surface area (TPSA) is 75.9 Å². The third-order valence-electron chi connectivity index (χ3n) is 5.76. The minimum absolute atomic E-state index is 0.168. The SMILES string of the molecule is COc1cccc2c1COCC2NCCCCn1c(O)c2c(c1O)CCC2. The lowest BCUT2D eigenvalue weighted by atomic mass is 9.98. The predicted molar refractivity (Wildman–Crippen MR) is 102 cm³/mol. The summed E-state index contributed by atoms with van der Waals surface area (Å²) in [6.45, 7) is 2.74. The van der Waals surface area contributed by atoms with Gasteiger partial charge in [0.2, 0.25) is 0 Å². The highest BCUT2D eigenvalue weighted by Crippen LogP contribution is 2.39. The van der Waals surface area contributed by atoms with Crippen LogP contribution in [0.15, 0.2) is 18.2 Å². The number of rotatable bonds is 7. The zero-order valence-corrected chi connectivity index (χ0v) is 15.8. The van der Waals surface area contributed by atoms with Crippen molar-refractivity contribution in [3.63, 3.8) is 0 Å².